The molecule has 4 heterocycles. The second-order valence-corrected chi connectivity index (χ2v) is 8.28. The van der Waals surface area contributed by atoms with Crippen LogP contribution in [0.25, 0.3) is 0 Å². The summed E-state index contributed by atoms with van der Waals surface area (Å²) in [6, 6.07) is 3.76. The van der Waals surface area contributed by atoms with Crippen LogP contribution in [0.5, 0.6) is 0 Å². The van der Waals surface area contributed by atoms with Crippen LogP contribution in [0.2, 0.25) is 0 Å². The van der Waals surface area contributed by atoms with E-state index >= 15 is 0 Å². The second kappa shape index (κ2) is 13.8. The van der Waals surface area contributed by atoms with Gasteiger partial charge in [-0.1, -0.05) is 6.07 Å². The number of anilines is 1. The molecule has 18 heteroatoms. The van der Waals surface area contributed by atoms with Gasteiger partial charge in [-0.3, -0.25) is 9.78 Å². The number of carbonyl (C=O) groups is 3. The zero-order valence-electron chi connectivity index (χ0n) is 20.2. The SMILES string of the molecule is O=C(NCc1cccnc1)[C@@H]1C[C@@H]2CCN(c3ncc(F)cn3)C[C@H]2O1.O=C(O)C(F)(F)F.O=C(O)C(F)(F)F. The molecule has 3 atom stereocenters. The Hall–Kier alpha value is -4.09. The lowest BCUT2D eigenvalue weighted by atomic mass is 9.92. The fourth-order valence-corrected chi connectivity index (χ4v) is 3.56. The van der Waals surface area contributed by atoms with Crippen molar-refractivity contribution in [2.24, 2.45) is 5.92 Å². The van der Waals surface area contributed by atoms with Crippen LogP contribution in [0, 0.1) is 11.7 Å². The first-order valence-corrected chi connectivity index (χ1v) is 11.2. The van der Waals surface area contributed by atoms with E-state index in [1.54, 1.807) is 12.4 Å². The lowest BCUT2D eigenvalue weighted by Crippen LogP contribution is -2.43. The Morgan fingerprint density at radius 1 is 1.02 bits per heavy atom. The highest BCUT2D eigenvalue weighted by Gasteiger charge is 2.42. The van der Waals surface area contributed by atoms with Crippen LogP contribution < -0.4 is 10.2 Å². The highest BCUT2D eigenvalue weighted by molar-refractivity contribution is 5.81. The molecule has 0 saturated carbocycles. The van der Waals surface area contributed by atoms with Crippen molar-refractivity contribution in [3.63, 3.8) is 0 Å². The van der Waals surface area contributed by atoms with Gasteiger partial charge in [0.1, 0.15) is 6.10 Å². The second-order valence-electron chi connectivity index (χ2n) is 8.28. The van der Waals surface area contributed by atoms with E-state index in [9.17, 15) is 35.5 Å². The Labute approximate surface area is 221 Å². The number of carboxylic acids is 2. The molecule has 0 aromatic carbocycles. The first kappa shape index (κ1) is 32.1. The van der Waals surface area contributed by atoms with Crippen molar-refractivity contribution in [3.8, 4) is 0 Å². The van der Waals surface area contributed by atoms with E-state index in [-0.39, 0.29) is 12.0 Å². The van der Waals surface area contributed by atoms with E-state index in [2.05, 4.69) is 20.3 Å². The van der Waals surface area contributed by atoms with Gasteiger partial charge in [-0.15, -0.1) is 0 Å². The number of nitrogens with one attached hydrogen (secondary N) is 1. The van der Waals surface area contributed by atoms with Crippen molar-refractivity contribution in [3.05, 3.63) is 48.3 Å². The molecule has 0 spiro atoms. The minimum atomic E-state index is -5.08. The Balaban J connectivity index is 0.000000333. The van der Waals surface area contributed by atoms with Crippen LogP contribution >= 0.6 is 0 Å². The number of ether oxygens (including phenoxy) is 1. The molecule has 11 nitrogen and oxygen atoms in total. The first-order valence-electron chi connectivity index (χ1n) is 11.2. The third-order valence-corrected chi connectivity index (χ3v) is 5.41. The number of nitrogens with zero attached hydrogens (tertiary/aromatic N) is 4. The summed E-state index contributed by atoms with van der Waals surface area (Å²) in [6.07, 6.45) is -3.25. The average molecular weight is 585 g/mol. The molecule has 0 radical (unpaired) electrons. The number of aromatic nitrogens is 3. The molecule has 1 amide bonds. The van der Waals surface area contributed by atoms with Crippen molar-refractivity contribution < 1.29 is 60.1 Å². The molecule has 4 rings (SSSR count). The maximum Gasteiger partial charge on any atom is 0.490 e. The fourth-order valence-electron chi connectivity index (χ4n) is 3.56. The summed E-state index contributed by atoms with van der Waals surface area (Å²) in [5, 5.41) is 17.2. The summed E-state index contributed by atoms with van der Waals surface area (Å²) in [5.41, 5.74) is 0.955. The van der Waals surface area contributed by atoms with Crippen LogP contribution in [0.4, 0.5) is 36.7 Å². The van der Waals surface area contributed by atoms with E-state index in [0.29, 0.717) is 25.0 Å². The lowest BCUT2D eigenvalue weighted by Gasteiger charge is -2.33. The van der Waals surface area contributed by atoms with Gasteiger partial charge in [0.25, 0.3) is 0 Å². The Morgan fingerprint density at radius 2 is 1.60 bits per heavy atom. The van der Waals surface area contributed by atoms with Crippen molar-refractivity contribution in [2.45, 2.75) is 43.9 Å². The molecule has 2 aliphatic heterocycles. The number of alkyl halides is 6. The van der Waals surface area contributed by atoms with Crippen molar-refractivity contribution in [2.75, 3.05) is 18.0 Å². The summed E-state index contributed by atoms with van der Waals surface area (Å²) in [7, 11) is 0. The van der Waals surface area contributed by atoms with E-state index in [0.717, 1.165) is 24.9 Å². The van der Waals surface area contributed by atoms with Gasteiger partial charge >= 0.3 is 24.3 Å². The number of carbonyl (C=O) groups excluding carboxylic acids is 1. The van der Waals surface area contributed by atoms with E-state index in [1.807, 2.05) is 17.0 Å². The zero-order valence-corrected chi connectivity index (χ0v) is 20.2. The zero-order chi connectivity index (χ0) is 30.1. The molecule has 0 bridgehead atoms. The van der Waals surface area contributed by atoms with Crippen LogP contribution in [-0.2, 0) is 25.7 Å². The predicted molar refractivity (Wildman–Crippen MR) is 119 cm³/mol. The number of hydrogen-bond donors (Lipinski definition) is 3. The van der Waals surface area contributed by atoms with Crippen LogP contribution in [0.3, 0.4) is 0 Å². The van der Waals surface area contributed by atoms with Gasteiger partial charge in [0.05, 0.1) is 18.5 Å². The van der Waals surface area contributed by atoms with Crippen molar-refractivity contribution >= 4 is 23.8 Å². The van der Waals surface area contributed by atoms with Gasteiger partial charge in [-0.05, 0) is 30.4 Å². The molecule has 220 valence electrons. The van der Waals surface area contributed by atoms with Crippen molar-refractivity contribution in [1.82, 2.24) is 20.3 Å². The fraction of sp³-hybridized carbons (Fsp3) is 0.455. The Morgan fingerprint density at radius 3 is 2.10 bits per heavy atom. The number of aliphatic carboxylic acids is 2. The lowest BCUT2D eigenvalue weighted by molar-refractivity contribution is -0.193. The molecular formula is C22H22F7N5O6. The molecular weight excluding hydrogens is 563 g/mol. The number of rotatable bonds is 4. The highest BCUT2D eigenvalue weighted by Crippen LogP contribution is 2.34. The van der Waals surface area contributed by atoms with Gasteiger partial charge < -0.3 is 25.2 Å². The summed E-state index contributed by atoms with van der Waals surface area (Å²) in [6.45, 7) is 1.83. The van der Waals surface area contributed by atoms with Gasteiger partial charge in [-0.25, -0.2) is 23.9 Å². The maximum atomic E-state index is 13.0. The van der Waals surface area contributed by atoms with Gasteiger partial charge in [0, 0.05) is 32.0 Å². The minimum Gasteiger partial charge on any atom is -0.475 e. The minimum absolute atomic E-state index is 0.0356. The molecule has 2 aliphatic rings. The number of piperidine rings is 1. The average Bonchev–Trinajstić information content (AvgIpc) is 3.32. The van der Waals surface area contributed by atoms with Gasteiger partial charge in [0.15, 0.2) is 5.82 Å². The molecule has 40 heavy (non-hydrogen) atoms. The molecule has 2 fully saturated rings. The summed E-state index contributed by atoms with van der Waals surface area (Å²) in [5.74, 6) is -5.21. The highest BCUT2D eigenvalue weighted by atomic mass is 19.4. The van der Waals surface area contributed by atoms with Crippen LogP contribution in [0.1, 0.15) is 18.4 Å². The molecule has 2 aromatic rings. The largest absolute Gasteiger partial charge is 0.490 e. The summed E-state index contributed by atoms with van der Waals surface area (Å²) >= 11 is 0. The molecule has 0 aliphatic carbocycles. The van der Waals surface area contributed by atoms with Crippen molar-refractivity contribution in [1.29, 1.82) is 0 Å². The predicted octanol–water partition coefficient (Wildman–Crippen LogP) is 2.58. The van der Waals surface area contributed by atoms with Gasteiger partial charge in [0.2, 0.25) is 11.9 Å². The summed E-state index contributed by atoms with van der Waals surface area (Å²) < 4.78 is 82.5. The third-order valence-electron chi connectivity index (χ3n) is 5.41. The van der Waals surface area contributed by atoms with Gasteiger partial charge in [-0.2, -0.15) is 26.3 Å². The molecule has 3 N–H and O–H groups in total. The number of fused-ring (bicyclic) bond motifs is 1. The number of hydrogen-bond acceptors (Lipinski definition) is 8. The molecule has 2 saturated heterocycles. The quantitative estimate of drug-likeness (QED) is 0.456. The number of amides is 1. The standard InChI is InChI=1S/C18H20FN5O2.2C2HF3O2/c19-14-9-22-18(23-10-14)24-5-3-13-6-15(26-16(13)11-24)17(25)21-8-12-2-1-4-20-7-12;2*3-2(4,5)1(6)7/h1-2,4,7,9-10,13,15-16H,3,5-6,8,11H2,(H,21,25);2*(H,6,7)/t13-,15-,16+;;/m0../s1. The normalized spacial score (nSPS) is 20.2. The molecule has 2 aromatic heterocycles. The van der Waals surface area contributed by atoms with Crippen LogP contribution in [-0.4, -0.2) is 80.7 Å². The topological polar surface area (TPSA) is 155 Å². The number of carboxylic acid groups (broad SMARTS) is 2. The Bertz CT molecular complexity index is 1110. The maximum absolute atomic E-state index is 13.0. The van der Waals surface area contributed by atoms with E-state index in [1.165, 1.54) is 12.4 Å². The first-order chi connectivity index (χ1) is 18.6. The smallest absolute Gasteiger partial charge is 0.475 e. The number of pyridine rings is 1. The van der Waals surface area contributed by atoms with E-state index < -0.39 is 36.2 Å². The number of halogens is 7. The third kappa shape index (κ3) is 10.2. The Kier molecular flexibility index (Phi) is 11.1. The van der Waals surface area contributed by atoms with Crippen LogP contribution in [0.15, 0.2) is 36.9 Å². The monoisotopic (exact) mass is 585 g/mol. The van der Waals surface area contributed by atoms with E-state index in [4.69, 9.17) is 24.5 Å². The molecule has 0 unspecified atom stereocenters. The summed E-state index contributed by atoms with van der Waals surface area (Å²) in [4.78, 5) is 44.3.